The lowest BCUT2D eigenvalue weighted by Gasteiger charge is -2.33. The van der Waals surface area contributed by atoms with Gasteiger partial charge in [0.05, 0.1) is 12.8 Å². The Labute approximate surface area is 182 Å². The zero-order valence-corrected chi connectivity index (χ0v) is 17.7. The molecule has 1 fully saturated rings. The SMILES string of the molecule is COc1ccc(-c2cnc(N)nc2C2CCCN(Cc3ccc4[nH]ccc4c3)C2)cc1. The zero-order valence-electron chi connectivity index (χ0n) is 17.7. The fraction of sp³-hybridized carbons (Fsp3) is 0.280. The van der Waals surface area contributed by atoms with E-state index in [1.807, 2.05) is 24.5 Å². The van der Waals surface area contributed by atoms with E-state index in [9.17, 15) is 0 Å². The minimum Gasteiger partial charge on any atom is -0.497 e. The van der Waals surface area contributed by atoms with Gasteiger partial charge in [0.15, 0.2) is 0 Å². The summed E-state index contributed by atoms with van der Waals surface area (Å²) in [5, 5.41) is 1.26. The van der Waals surface area contributed by atoms with E-state index in [4.69, 9.17) is 15.5 Å². The molecule has 1 unspecified atom stereocenters. The number of hydrogen-bond acceptors (Lipinski definition) is 5. The summed E-state index contributed by atoms with van der Waals surface area (Å²) in [4.78, 5) is 14.8. The van der Waals surface area contributed by atoms with Crippen LogP contribution in [0.4, 0.5) is 5.95 Å². The van der Waals surface area contributed by atoms with E-state index in [1.165, 1.54) is 16.5 Å². The maximum Gasteiger partial charge on any atom is 0.220 e. The summed E-state index contributed by atoms with van der Waals surface area (Å²) < 4.78 is 5.30. The summed E-state index contributed by atoms with van der Waals surface area (Å²) in [7, 11) is 1.68. The quantitative estimate of drug-likeness (QED) is 0.500. The minimum absolute atomic E-state index is 0.326. The van der Waals surface area contributed by atoms with Gasteiger partial charge in [0.25, 0.3) is 0 Å². The van der Waals surface area contributed by atoms with Gasteiger partial charge in [-0.2, -0.15) is 0 Å². The molecule has 3 N–H and O–H groups in total. The minimum atomic E-state index is 0.326. The summed E-state index contributed by atoms with van der Waals surface area (Å²) >= 11 is 0. The Balaban J connectivity index is 1.39. The van der Waals surface area contributed by atoms with Crippen molar-refractivity contribution in [1.29, 1.82) is 0 Å². The molecule has 5 rings (SSSR count). The Kier molecular flexibility index (Phi) is 5.30. The van der Waals surface area contributed by atoms with Crippen molar-refractivity contribution in [3.63, 3.8) is 0 Å². The number of ether oxygens (including phenoxy) is 1. The average molecular weight is 414 g/mol. The Morgan fingerprint density at radius 3 is 2.87 bits per heavy atom. The number of benzene rings is 2. The highest BCUT2D eigenvalue weighted by atomic mass is 16.5. The van der Waals surface area contributed by atoms with Crippen molar-refractivity contribution in [1.82, 2.24) is 19.9 Å². The predicted molar refractivity (Wildman–Crippen MR) is 124 cm³/mol. The molecule has 3 heterocycles. The van der Waals surface area contributed by atoms with Crippen LogP contribution < -0.4 is 10.5 Å². The van der Waals surface area contributed by atoms with Crippen molar-refractivity contribution < 1.29 is 4.74 Å². The molecule has 6 heteroatoms. The van der Waals surface area contributed by atoms with E-state index in [1.54, 1.807) is 7.11 Å². The van der Waals surface area contributed by atoms with Crippen molar-refractivity contribution >= 4 is 16.9 Å². The molecule has 0 bridgehead atoms. The molecule has 4 aromatic rings. The van der Waals surface area contributed by atoms with Gasteiger partial charge < -0.3 is 15.5 Å². The highest BCUT2D eigenvalue weighted by Gasteiger charge is 2.25. The van der Waals surface area contributed by atoms with Crippen LogP contribution in [0.5, 0.6) is 5.75 Å². The molecule has 2 aromatic heterocycles. The molecule has 0 aliphatic carbocycles. The molecule has 2 aromatic carbocycles. The molecule has 31 heavy (non-hydrogen) atoms. The maximum atomic E-state index is 6.00. The first-order valence-corrected chi connectivity index (χ1v) is 10.7. The smallest absolute Gasteiger partial charge is 0.220 e. The second-order valence-corrected chi connectivity index (χ2v) is 8.23. The number of H-pyrrole nitrogens is 1. The van der Waals surface area contributed by atoms with Crippen LogP contribution >= 0.6 is 0 Å². The third-order valence-electron chi connectivity index (χ3n) is 6.15. The topological polar surface area (TPSA) is 80.1 Å². The predicted octanol–water partition coefficient (Wildman–Crippen LogP) is 4.60. The first-order chi connectivity index (χ1) is 15.2. The lowest BCUT2D eigenvalue weighted by Crippen LogP contribution is -2.34. The van der Waals surface area contributed by atoms with Crippen LogP contribution in [0.2, 0.25) is 0 Å². The van der Waals surface area contributed by atoms with Crippen LogP contribution in [0, 0.1) is 0 Å². The normalized spacial score (nSPS) is 17.1. The number of nitrogen functional groups attached to an aromatic ring is 1. The molecule has 1 atom stereocenters. The van der Waals surface area contributed by atoms with Gasteiger partial charge in [-0.1, -0.05) is 18.2 Å². The molecular formula is C25H27N5O. The number of aromatic amines is 1. The van der Waals surface area contributed by atoms with Crippen molar-refractivity contribution in [3.8, 4) is 16.9 Å². The number of anilines is 1. The second kappa shape index (κ2) is 8.40. The Bertz CT molecular complexity index is 1180. The highest BCUT2D eigenvalue weighted by Crippen LogP contribution is 2.34. The summed E-state index contributed by atoms with van der Waals surface area (Å²) in [6, 6.07) is 16.9. The lowest BCUT2D eigenvalue weighted by atomic mass is 9.89. The van der Waals surface area contributed by atoms with Gasteiger partial charge in [-0.15, -0.1) is 0 Å². The first-order valence-electron chi connectivity index (χ1n) is 10.7. The summed E-state index contributed by atoms with van der Waals surface area (Å²) in [5.41, 5.74) is 11.7. The number of fused-ring (bicyclic) bond motifs is 1. The summed E-state index contributed by atoms with van der Waals surface area (Å²) in [6.45, 7) is 3.00. The average Bonchev–Trinajstić information content (AvgIpc) is 3.27. The van der Waals surface area contributed by atoms with Gasteiger partial charge in [0, 0.05) is 42.5 Å². The van der Waals surface area contributed by atoms with Gasteiger partial charge in [0.2, 0.25) is 5.95 Å². The molecule has 1 saturated heterocycles. The third-order valence-corrected chi connectivity index (χ3v) is 6.15. The number of piperidine rings is 1. The van der Waals surface area contributed by atoms with Crippen LogP contribution in [0.15, 0.2) is 60.9 Å². The number of nitrogens with zero attached hydrogens (tertiary/aromatic N) is 3. The third kappa shape index (κ3) is 4.11. The molecule has 0 amide bonds. The number of aromatic nitrogens is 3. The van der Waals surface area contributed by atoms with E-state index in [2.05, 4.69) is 51.3 Å². The molecule has 158 valence electrons. The molecule has 0 radical (unpaired) electrons. The Morgan fingerprint density at radius 1 is 1.16 bits per heavy atom. The van der Waals surface area contributed by atoms with Crippen LogP contribution in [0.25, 0.3) is 22.0 Å². The summed E-state index contributed by atoms with van der Waals surface area (Å²) in [6.07, 6.45) is 6.10. The largest absolute Gasteiger partial charge is 0.497 e. The van der Waals surface area contributed by atoms with Crippen molar-refractivity contribution in [3.05, 3.63) is 72.2 Å². The van der Waals surface area contributed by atoms with E-state index < -0.39 is 0 Å². The fourth-order valence-corrected chi connectivity index (χ4v) is 4.60. The zero-order chi connectivity index (χ0) is 21.2. The van der Waals surface area contributed by atoms with Crippen LogP contribution in [0.1, 0.15) is 30.0 Å². The van der Waals surface area contributed by atoms with Gasteiger partial charge >= 0.3 is 0 Å². The van der Waals surface area contributed by atoms with Gasteiger partial charge in [-0.25, -0.2) is 9.97 Å². The van der Waals surface area contributed by atoms with Gasteiger partial charge in [-0.3, -0.25) is 4.90 Å². The standard InChI is InChI=1S/C25H27N5O/c1-31-21-7-5-18(6-8-21)22-14-28-25(26)29-24(22)20-3-2-12-30(16-20)15-17-4-9-23-19(13-17)10-11-27-23/h4-11,13-14,20,27H,2-3,12,15-16H2,1H3,(H2,26,28,29). The second-order valence-electron chi connectivity index (χ2n) is 8.23. The van der Waals surface area contributed by atoms with E-state index >= 15 is 0 Å². The Hall–Kier alpha value is -3.38. The monoisotopic (exact) mass is 413 g/mol. The number of nitrogens with two attached hydrogens (primary N) is 1. The molecule has 0 saturated carbocycles. The number of rotatable bonds is 5. The first kappa shape index (κ1) is 19.6. The summed E-state index contributed by atoms with van der Waals surface area (Å²) in [5.74, 6) is 1.50. The van der Waals surface area contributed by atoms with E-state index in [0.29, 0.717) is 11.9 Å². The number of methoxy groups -OCH3 is 1. The van der Waals surface area contributed by atoms with Crippen LogP contribution in [-0.4, -0.2) is 40.1 Å². The fourth-order valence-electron chi connectivity index (χ4n) is 4.60. The maximum absolute atomic E-state index is 6.00. The highest BCUT2D eigenvalue weighted by molar-refractivity contribution is 5.79. The van der Waals surface area contributed by atoms with Gasteiger partial charge in [-0.05, 0) is 66.2 Å². The van der Waals surface area contributed by atoms with Crippen molar-refractivity contribution in [2.45, 2.75) is 25.3 Å². The molecule has 1 aliphatic heterocycles. The number of hydrogen-bond donors (Lipinski definition) is 2. The van der Waals surface area contributed by atoms with E-state index in [0.717, 1.165) is 55.0 Å². The lowest BCUT2D eigenvalue weighted by molar-refractivity contribution is 0.199. The molecular weight excluding hydrogens is 386 g/mol. The number of likely N-dealkylation sites (tertiary alicyclic amines) is 1. The van der Waals surface area contributed by atoms with Crippen molar-refractivity contribution in [2.75, 3.05) is 25.9 Å². The van der Waals surface area contributed by atoms with Crippen LogP contribution in [-0.2, 0) is 6.54 Å². The van der Waals surface area contributed by atoms with Crippen molar-refractivity contribution in [2.24, 2.45) is 0 Å². The molecule has 6 nitrogen and oxygen atoms in total. The van der Waals surface area contributed by atoms with Gasteiger partial charge in [0.1, 0.15) is 5.75 Å². The Morgan fingerprint density at radius 2 is 2.03 bits per heavy atom. The molecule has 0 spiro atoms. The van der Waals surface area contributed by atoms with Crippen LogP contribution in [0.3, 0.4) is 0 Å². The van der Waals surface area contributed by atoms with E-state index in [-0.39, 0.29) is 0 Å². The number of nitrogens with one attached hydrogen (secondary N) is 1. The molecule has 1 aliphatic rings.